The molecular formula is C16H30N2O2. The molecule has 0 aromatic heterocycles. The van der Waals surface area contributed by atoms with Crippen LogP contribution in [0.5, 0.6) is 0 Å². The summed E-state index contributed by atoms with van der Waals surface area (Å²) in [6.07, 6.45) is 6.48. The van der Waals surface area contributed by atoms with Crippen molar-refractivity contribution in [3.05, 3.63) is 0 Å². The predicted molar refractivity (Wildman–Crippen MR) is 81.3 cm³/mol. The van der Waals surface area contributed by atoms with E-state index in [1.54, 1.807) is 0 Å². The van der Waals surface area contributed by atoms with Gasteiger partial charge in [0.15, 0.2) is 0 Å². The van der Waals surface area contributed by atoms with E-state index in [0.717, 1.165) is 38.5 Å². The lowest BCUT2D eigenvalue weighted by Gasteiger charge is -2.29. The number of hydrogen-bond acceptors (Lipinski definition) is 2. The van der Waals surface area contributed by atoms with Crippen molar-refractivity contribution in [3.8, 4) is 0 Å². The Morgan fingerprint density at radius 3 is 2.25 bits per heavy atom. The molecule has 116 valence electrons. The highest BCUT2D eigenvalue weighted by molar-refractivity contribution is 5.81. The molecular weight excluding hydrogens is 252 g/mol. The van der Waals surface area contributed by atoms with Gasteiger partial charge in [0, 0.05) is 23.9 Å². The molecule has 0 bridgehead atoms. The molecule has 2 N–H and O–H groups in total. The minimum absolute atomic E-state index is 0.0235. The van der Waals surface area contributed by atoms with Gasteiger partial charge in [0.2, 0.25) is 11.8 Å². The van der Waals surface area contributed by atoms with Crippen LogP contribution in [-0.2, 0) is 9.59 Å². The molecule has 1 saturated carbocycles. The van der Waals surface area contributed by atoms with Crippen molar-refractivity contribution in [1.82, 2.24) is 10.6 Å². The largest absolute Gasteiger partial charge is 0.353 e. The lowest BCUT2D eigenvalue weighted by molar-refractivity contribution is -0.126. The standard InChI is InChI=1S/C16H30N2O2/c1-5-16(4,6-2)18-14(19)11-12(3)17-15(20)13-9-7-8-10-13/h12-13H,5-11H2,1-4H3,(H,17,20)(H,18,19)/t12-/m1/s1. The van der Waals surface area contributed by atoms with E-state index in [0.29, 0.717) is 6.42 Å². The lowest BCUT2D eigenvalue weighted by Crippen LogP contribution is -2.47. The van der Waals surface area contributed by atoms with Crippen LogP contribution in [0.25, 0.3) is 0 Å². The van der Waals surface area contributed by atoms with E-state index >= 15 is 0 Å². The summed E-state index contributed by atoms with van der Waals surface area (Å²) in [6, 6.07) is -0.0962. The summed E-state index contributed by atoms with van der Waals surface area (Å²) in [5.74, 6) is 0.309. The molecule has 4 heteroatoms. The third-order valence-corrected chi connectivity index (χ3v) is 4.61. The average molecular weight is 282 g/mol. The fourth-order valence-corrected chi connectivity index (χ4v) is 2.69. The van der Waals surface area contributed by atoms with Gasteiger partial charge in [0.1, 0.15) is 0 Å². The fourth-order valence-electron chi connectivity index (χ4n) is 2.69. The SMILES string of the molecule is CCC(C)(CC)NC(=O)C[C@@H](C)NC(=O)C1CCCC1. The number of carbonyl (C=O) groups is 2. The number of amides is 2. The van der Waals surface area contributed by atoms with Crippen LogP contribution in [0.3, 0.4) is 0 Å². The van der Waals surface area contributed by atoms with Gasteiger partial charge in [0.25, 0.3) is 0 Å². The van der Waals surface area contributed by atoms with Crippen molar-refractivity contribution in [1.29, 1.82) is 0 Å². The van der Waals surface area contributed by atoms with Gasteiger partial charge >= 0.3 is 0 Å². The first-order valence-corrected chi connectivity index (χ1v) is 8.01. The Morgan fingerprint density at radius 1 is 1.20 bits per heavy atom. The third kappa shape index (κ3) is 5.14. The molecule has 1 aliphatic carbocycles. The van der Waals surface area contributed by atoms with E-state index in [1.165, 1.54) is 0 Å². The predicted octanol–water partition coefficient (Wildman–Crippen LogP) is 2.77. The zero-order chi connectivity index (χ0) is 15.2. The molecule has 2 amide bonds. The van der Waals surface area contributed by atoms with Crippen LogP contribution < -0.4 is 10.6 Å². The molecule has 1 aliphatic rings. The topological polar surface area (TPSA) is 58.2 Å². The summed E-state index contributed by atoms with van der Waals surface area (Å²) in [5, 5.41) is 6.05. The Labute approximate surface area is 123 Å². The molecule has 1 rings (SSSR count). The quantitative estimate of drug-likeness (QED) is 0.754. The molecule has 0 unspecified atom stereocenters. The first-order chi connectivity index (χ1) is 9.40. The molecule has 0 spiro atoms. The summed E-state index contributed by atoms with van der Waals surface area (Å²) >= 11 is 0. The van der Waals surface area contributed by atoms with Crippen LogP contribution in [0.15, 0.2) is 0 Å². The molecule has 20 heavy (non-hydrogen) atoms. The summed E-state index contributed by atoms with van der Waals surface area (Å²) in [6.45, 7) is 8.12. The van der Waals surface area contributed by atoms with Gasteiger partial charge in [0.05, 0.1) is 0 Å². The summed E-state index contributed by atoms with van der Waals surface area (Å²) in [7, 11) is 0. The summed E-state index contributed by atoms with van der Waals surface area (Å²) in [5.41, 5.74) is -0.133. The minimum atomic E-state index is -0.133. The van der Waals surface area contributed by atoms with Crippen molar-refractivity contribution < 1.29 is 9.59 Å². The zero-order valence-corrected chi connectivity index (χ0v) is 13.4. The molecule has 0 aliphatic heterocycles. The normalized spacial score (nSPS) is 17.8. The molecule has 0 radical (unpaired) electrons. The first-order valence-electron chi connectivity index (χ1n) is 8.01. The van der Waals surface area contributed by atoms with Crippen molar-refractivity contribution in [2.45, 2.75) is 84.2 Å². The highest BCUT2D eigenvalue weighted by atomic mass is 16.2. The van der Waals surface area contributed by atoms with Crippen molar-refractivity contribution in [2.75, 3.05) is 0 Å². The second kappa shape index (κ2) is 7.65. The smallest absolute Gasteiger partial charge is 0.223 e. The number of hydrogen-bond donors (Lipinski definition) is 2. The molecule has 0 aromatic rings. The Morgan fingerprint density at radius 2 is 1.75 bits per heavy atom. The van der Waals surface area contributed by atoms with Crippen molar-refractivity contribution in [3.63, 3.8) is 0 Å². The van der Waals surface area contributed by atoms with Crippen LogP contribution in [-0.4, -0.2) is 23.4 Å². The number of carbonyl (C=O) groups excluding carboxylic acids is 2. The van der Waals surface area contributed by atoms with Crippen molar-refractivity contribution in [2.24, 2.45) is 5.92 Å². The van der Waals surface area contributed by atoms with Crippen LogP contribution in [0.4, 0.5) is 0 Å². The van der Waals surface area contributed by atoms with E-state index in [2.05, 4.69) is 31.4 Å². The van der Waals surface area contributed by atoms with Gasteiger partial charge in [-0.3, -0.25) is 9.59 Å². The molecule has 0 heterocycles. The Balaban J connectivity index is 2.35. The Bertz CT molecular complexity index is 331. The first kappa shape index (κ1) is 17.0. The Kier molecular flexibility index (Phi) is 6.50. The van der Waals surface area contributed by atoms with E-state index < -0.39 is 0 Å². The maximum Gasteiger partial charge on any atom is 0.223 e. The number of nitrogens with one attached hydrogen (secondary N) is 2. The zero-order valence-electron chi connectivity index (χ0n) is 13.4. The van der Waals surface area contributed by atoms with Gasteiger partial charge in [-0.1, -0.05) is 26.7 Å². The van der Waals surface area contributed by atoms with Gasteiger partial charge in [-0.25, -0.2) is 0 Å². The van der Waals surface area contributed by atoms with Crippen molar-refractivity contribution >= 4 is 11.8 Å². The maximum atomic E-state index is 12.0. The second-order valence-corrected chi connectivity index (χ2v) is 6.41. The second-order valence-electron chi connectivity index (χ2n) is 6.41. The highest BCUT2D eigenvalue weighted by Crippen LogP contribution is 2.24. The van der Waals surface area contributed by atoms with Gasteiger partial charge in [-0.2, -0.15) is 0 Å². The molecule has 4 nitrogen and oxygen atoms in total. The monoisotopic (exact) mass is 282 g/mol. The van der Waals surface area contributed by atoms with Gasteiger partial charge < -0.3 is 10.6 Å². The third-order valence-electron chi connectivity index (χ3n) is 4.61. The van der Waals surface area contributed by atoms with Crippen LogP contribution in [0.1, 0.15) is 72.6 Å². The average Bonchev–Trinajstić information content (AvgIpc) is 2.92. The molecule has 1 atom stereocenters. The Hall–Kier alpha value is -1.06. The maximum absolute atomic E-state index is 12.0. The van der Waals surface area contributed by atoms with E-state index in [9.17, 15) is 9.59 Å². The van der Waals surface area contributed by atoms with Gasteiger partial charge in [-0.15, -0.1) is 0 Å². The molecule has 0 aromatic carbocycles. The van der Waals surface area contributed by atoms with E-state index in [4.69, 9.17) is 0 Å². The van der Waals surface area contributed by atoms with Gasteiger partial charge in [-0.05, 0) is 39.5 Å². The lowest BCUT2D eigenvalue weighted by atomic mass is 9.95. The van der Waals surface area contributed by atoms with E-state index in [1.807, 2.05) is 6.92 Å². The highest BCUT2D eigenvalue weighted by Gasteiger charge is 2.26. The number of rotatable bonds is 7. The van der Waals surface area contributed by atoms with Crippen LogP contribution in [0.2, 0.25) is 0 Å². The van der Waals surface area contributed by atoms with Crippen LogP contribution >= 0.6 is 0 Å². The molecule has 0 saturated heterocycles. The molecule has 1 fully saturated rings. The minimum Gasteiger partial charge on any atom is -0.353 e. The fraction of sp³-hybridized carbons (Fsp3) is 0.875. The summed E-state index contributed by atoms with van der Waals surface area (Å²) < 4.78 is 0. The summed E-state index contributed by atoms with van der Waals surface area (Å²) in [4.78, 5) is 24.0. The van der Waals surface area contributed by atoms with E-state index in [-0.39, 0.29) is 29.3 Å². The van der Waals surface area contributed by atoms with Crippen LogP contribution in [0, 0.1) is 5.92 Å².